The molecule has 3 rings (SSSR count). The summed E-state index contributed by atoms with van der Waals surface area (Å²) in [5.41, 5.74) is 0. The van der Waals surface area contributed by atoms with Crippen molar-refractivity contribution in [2.24, 2.45) is 0 Å². The highest BCUT2D eigenvalue weighted by molar-refractivity contribution is 7.47. The third kappa shape index (κ3) is 45.9. The molecule has 0 amide bonds. The number of allylic oxidation sites excluding steroid dienone is 6. The van der Waals surface area contributed by atoms with Gasteiger partial charge in [0.25, 0.3) is 0 Å². The lowest BCUT2D eigenvalue weighted by molar-refractivity contribution is -0.360. The van der Waals surface area contributed by atoms with E-state index in [0.29, 0.717) is 44.9 Å². The summed E-state index contributed by atoms with van der Waals surface area (Å²) in [6.07, 6.45) is 23.4. The second-order valence-corrected chi connectivity index (χ2v) is 32.4. The van der Waals surface area contributed by atoms with Gasteiger partial charge in [0.2, 0.25) is 0 Å². The summed E-state index contributed by atoms with van der Waals surface area (Å²) in [6, 6.07) is 0. The van der Waals surface area contributed by atoms with Gasteiger partial charge in [-0.3, -0.25) is 28.2 Å². The van der Waals surface area contributed by atoms with Crippen molar-refractivity contribution in [2.45, 2.75) is 453 Å². The normalized spacial score (nSPS) is 25.9. The Morgan fingerprint density at radius 3 is 1.08 bits per heavy atom. The number of hydrogen-bond acceptors (Lipinski definition) is 24. The molecule has 3 fully saturated rings. The molecule has 0 aromatic heterocycles. The van der Waals surface area contributed by atoms with E-state index in [1.807, 2.05) is 0 Å². The lowest BCUT2D eigenvalue weighted by atomic mass is 9.84. The number of rotatable bonds is 69. The van der Waals surface area contributed by atoms with Gasteiger partial charge in [-0.2, -0.15) is 0 Å². The molecule has 10 N–H and O–H groups in total. The third-order valence-corrected chi connectivity index (χ3v) is 22.1. The number of carbonyl (C=O) groups excluding carboxylic acids is 4. The molecule has 1 aliphatic carbocycles. The Morgan fingerprint density at radius 1 is 0.351 bits per heavy atom. The quantitative estimate of drug-likeness (QED) is 0.00889. The van der Waals surface area contributed by atoms with Crippen LogP contribution in [0.5, 0.6) is 0 Å². The van der Waals surface area contributed by atoms with Crippen molar-refractivity contribution < 1.29 is 122 Å². The minimum Gasteiger partial charge on any atom is -0.463 e. The van der Waals surface area contributed by atoms with Crippen LogP contribution in [0.1, 0.15) is 349 Å². The highest BCUT2D eigenvalue weighted by atomic mass is 31.2. The monoisotopic (exact) mass is 1610 g/mol. The first-order valence-corrected chi connectivity index (χ1v) is 45.2. The fourth-order valence-corrected chi connectivity index (χ4v) is 15.0. The van der Waals surface area contributed by atoms with Gasteiger partial charge in [0.1, 0.15) is 92.6 Å². The van der Waals surface area contributed by atoms with Gasteiger partial charge in [-0.25, -0.2) is 4.57 Å². The van der Waals surface area contributed by atoms with Crippen LogP contribution < -0.4 is 0 Å². The molecule has 26 heteroatoms. The van der Waals surface area contributed by atoms with Crippen LogP contribution in [-0.4, -0.2) is 205 Å². The Kier molecular flexibility index (Phi) is 59.4. The molecular weight excluding hydrogens is 1450 g/mol. The highest BCUT2D eigenvalue weighted by Crippen LogP contribution is 2.49. The van der Waals surface area contributed by atoms with Crippen molar-refractivity contribution in [1.82, 2.24) is 0 Å². The largest absolute Gasteiger partial charge is 0.472 e. The molecule has 0 radical (unpaired) electrons. The molecule has 18 atom stereocenters. The molecule has 2 saturated heterocycles. The molecule has 0 bridgehead atoms. The SMILES string of the molecule is CCCCCCCC/C=C\CCCCCC(=O)OCC(COP(=O)(O)OC1C(OC2OC(CO)C(O)C(O)C2O)C(O)C(O)C(OC(=O)CCCCCCCCCCCCCCC)C1OC1OC(COC(=O)CCCCC/C=C\CCCCCCCC)C(O)C(O)C1O)OC(=O)CCCCC/C=C\CCCCCCCC. The highest BCUT2D eigenvalue weighted by Gasteiger charge is 2.60. The van der Waals surface area contributed by atoms with Crippen LogP contribution in [0.2, 0.25) is 0 Å². The summed E-state index contributed by atoms with van der Waals surface area (Å²) in [7, 11) is -5.81. The zero-order valence-corrected chi connectivity index (χ0v) is 69.4. The van der Waals surface area contributed by atoms with Gasteiger partial charge in [-0.05, 0) is 103 Å². The Balaban J connectivity index is 1.96. The second kappa shape index (κ2) is 64.7. The number of hydrogen-bond donors (Lipinski definition) is 10. The summed E-state index contributed by atoms with van der Waals surface area (Å²) in [4.78, 5) is 66.1. The Bertz CT molecular complexity index is 2470. The minimum absolute atomic E-state index is 0.00789. The van der Waals surface area contributed by atoms with Crippen molar-refractivity contribution in [3.8, 4) is 0 Å². The number of esters is 4. The van der Waals surface area contributed by atoms with Gasteiger partial charge in [0, 0.05) is 25.7 Å². The number of unbranched alkanes of at least 4 members (excludes halogenated alkanes) is 39. The number of phosphoric acid groups is 1. The lowest BCUT2D eigenvalue weighted by Gasteiger charge is -2.50. The third-order valence-electron chi connectivity index (χ3n) is 21.1. The van der Waals surface area contributed by atoms with Gasteiger partial charge in [-0.1, -0.05) is 257 Å². The fourth-order valence-electron chi connectivity index (χ4n) is 14.1. The lowest BCUT2D eigenvalue weighted by Crippen LogP contribution is -2.70. The Labute approximate surface area is 666 Å². The number of carbonyl (C=O) groups is 4. The summed E-state index contributed by atoms with van der Waals surface area (Å²) in [5, 5.41) is 102. The van der Waals surface area contributed by atoms with Crippen LogP contribution in [0.3, 0.4) is 0 Å². The molecule has 1 saturated carbocycles. The topological polar surface area (TPSA) is 380 Å². The molecule has 648 valence electrons. The van der Waals surface area contributed by atoms with E-state index in [4.69, 9.17) is 46.9 Å². The van der Waals surface area contributed by atoms with E-state index in [1.165, 1.54) is 135 Å². The molecule has 2 aliphatic heterocycles. The Hall–Kier alpha value is -3.31. The molecule has 18 unspecified atom stereocenters. The molecule has 0 spiro atoms. The van der Waals surface area contributed by atoms with Crippen molar-refractivity contribution in [3.05, 3.63) is 36.5 Å². The molecule has 3 aliphatic rings. The van der Waals surface area contributed by atoms with E-state index >= 15 is 0 Å². The van der Waals surface area contributed by atoms with Crippen LogP contribution >= 0.6 is 7.82 Å². The second-order valence-electron chi connectivity index (χ2n) is 31.0. The molecule has 2 heterocycles. The number of phosphoric ester groups is 1. The summed E-state index contributed by atoms with van der Waals surface area (Å²) in [5.74, 6) is -3.03. The van der Waals surface area contributed by atoms with Gasteiger partial charge in [0.15, 0.2) is 24.8 Å². The first kappa shape index (κ1) is 102. The van der Waals surface area contributed by atoms with E-state index < -0.39 is 162 Å². The van der Waals surface area contributed by atoms with E-state index in [-0.39, 0.29) is 25.7 Å². The van der Waals surface area contributed by atoms with Crippen molar-refractivity contribution >= 4 is 31.7 Å². The number of aliphatic hydroxyl groups excluding tert-OH is 9. The zero-order chi connectivity index (χ0) is 81.1. The van der Waals surface area contributed by atoms with E-state index in [1.54, 1.807) is 0 Å². The first-order chi connectivity index (χ1) is 53.7. The molecular formula is C85H153O25P. The minimum atomic E-state index is -5.81. The number of aliphatic hydroxyl groups is 9. The van der Waals surface area contributed by atoms with E-state index in [0.717, 1.165) is 116 Å². The van der Waals surface area contributed by atoms with Gasteiger partial charge >= 0.3 is 31.7 Å². The van der Waals surface area contributed by atoms with E-state index in [9.17, 15) is 74.6 Å². The first-order valence-electron chi connectivity index (χ1n) is 43.7. The summed E-state index contributed by atoms with van der Waals surface area (Å²) < 4.78 is 73.1. The van der Waals surface area contributed by atoms with Crippen molar-refractivity contribution in [1.29, 1.82) is 0 Å². The zero-order valence-electron chi connectivity index (χ0n) is 68.5. The smallest absolute Gasteiger partial charge is 0.463 e. The standard InChI is InChI=1S/C85H153O25P/c1-5-9-13-17-21-25-29-33-37-41-45-49-53-57-68(87)101-62-65(104-70(89)59-55-51-47-43-39-35-31-27-23-19-15-11-7-3)63-103-111(99,100)110-83-81(108-84-78(97)74(93)72(91)66(61-86)105-84)77(96)76(95)80(107-71(90)60-56-52-48-44-40-36-32-28-24-20-16-12-8-4)82(83)109-85-79(98)75(94)73(92)67(106-85)64-102-69(88)58-54-50-46-42-38-34-30-26-22-18-14-10-6-2/h33-35,37-39,65-67,72-86,91-98H,5-32,36,40-64H2,1-4H3,(H,99,100)/b37-33-,38-34-,39-35-. The fraction of sp³-hybridized carbons (Fsp3) is 0.882. The van der Waals surface area contributed by atoms with Gasteiger partial charge in [0.05, 0.1) is 13.2 Å². The van der Waals surface area contributed by atoms with Crippen LogP contribution in [0.25, 0.3) is 0 Å². The maximum atomic E-state index is 14.8. The average molecular weight is 1610 g/mol. The molecule has 0 aromatic rings. The predicted molar refractivity (Wildman–Crippen MR) is 426 cm³/mol. The maximum absolute atomic E-state index is 14.8. The van der Waals surface area contributed by atoms with E-state index in [2.05, 4.69) is 64.2 Å². The van der Waals surface area contributed by atoms with Crippen LogP contribution in [-0.2, 0) is 70.7 Å². The molecule has 111 heavy (non-hydrogen) atoms. The summed E-state index contributed by atoms with van der Waals surface area (Å²) >= 11 is 0. The summed E-state index contributed by atoms with van der Waals surface area (Å²) in [6.45, 7) is 5.48. The van der Waals surface area contributed by atoms with Crippen LogP contribution in [0, 0.1) is 0 Å². The molecule has 25 nitrogen and oxygen atoms in total. The van der Waals surface area contributed by atoms with Gasteiger partial charge < -0.3 is 88.7 Å². The van der Waals surface area contributed by atoms with Crippen LogP contribution in [0.4, 0.5) is 0 Å². The van der Waals surface area contributed by atoms with Gasteiger partial charge in [-0.15, -0.1) is 0 Å². The van der Waals surface area contributed by atoms with Crippen LogP contribution in [0.15, 0.2) is 36.5 Å². The maximum Gasteiger partial charge on any atom is 0.472 e. The Morgan fingerprint density at radius 2 is 0.676 bits per heavy atom. The van der Waals surface area contributed by atoms with Crippen molar-refractivity contribution in [3.63, 3.8) is 0 Å². The average Bonchev–Trinajstić information content (AvgIpc) is 0.754. The van der Waals surface area contributed by atoms with Crippen molar-refractivity contribution in [2.75, 3.05) is 26.4 Å². The molecule has 0 aromatic carbocycles. The predicted octanol–water partition coefficient (Wildman–Crippen LogP) is 14.8. The number of ether oxygens (including phenoxy) is 8.